The summed E-state index contributed by atoms with van der Waals surface area (Å²) in [4.78, 5) is 81.7. The Hall–Kier alpha value is -6.24. The molecule has 2 aliphatic heterocycles. The van der Waals surface area contributed by atoms with Gasteiger partial charge in [-0.2, -0.15) is 0 Å². The summed E-state index contributed by atoms with van der Waals surface area (Å²) >= 11 is 0. The minimum Gasteiger partial charge on any atom is -0.459 e. The molecule has 0 bridgehead atoms. The van der Waals surface area contributed by atoms with Crippen LogP contribution in [0.2, 0.25) is 0 Å². The summed E-state index contributed by atoms with van der Waals surface area (Å²) < 4.78 is 33.3. The van der Waals surface area contributed by atoms with E-state index in [0.29, 0.717) is 61.5 Å². The fourth-order valence-electron chi connectivity index (χ4n) is 8.92. The van der Waals surface area contributed by atoms with Gasteiger partial charge in [0.05, 0.1) is 55.0 Å². The summed E-state index contributed by atoms with van der Waals surface area (Å²) in [6.07, 6.45) is 1.13. The van der Waals surface area contributed by atoms with Gasteiger partial charge in [0, 0.05) is 35.5 Å². The molecule has 6 unspecified atom stereocenters. The Bertz CT molecular complexity index is 2420. The van der Waals surface area contributed by atoms with Crippen molar-refractivity contribution in [2.45, 2.75) is 85.4 Å². The third-order valence-electron chi connectivity index (χ3n) is 12.6. The molecule has 2 saturated heterocycles. The molecule has 0 amide bonds. The molecular weight excluding hydrogens is 841 g/mol. The SMILES string of the molecule is CC(CC(C)(C)C(=O)OC1CCOC1)C(=O)Oc1ccc(C(=O)C2=C(c3ccccc3)C(C(=O)c3ccc(OC(=O)C(C)CC(C)(C)C(=O)OC4CCOC4)cc3)C2c2ccccc2)cc1. The highest BCUT2D eigenvalue weighted by Gasteiger charge is 2.49. The number of hydrogen-bond acceptors (Lipinski definition) is 12. The first-order valence-electron chi connectivity index (χ1n) is 22.7. The highest BCUT2D eigenvalue weighted by Crippen LogP contribution is 2.55. The lowest BCUT2D eigenvalue weighted by molar-refractivity contribution is -0.162. The summed E-state index contributed by atoms with van der Waals surface area (Å²) in [6.45, 7) is 12.2. The van der Waals surface area contributed by atoms with Crippen LogP contribution < -0.4 is 9.47 Å². The predicted molar refractivity (Wildman–Crippen MR) is 245 cm³/mol. The number of benzene rings is 4. The number of carbonyl (C=O) groups excluding carboxylic acids is 6. The number of rotatable bonds is 18. The van der Waals surface area contributed by atoms with Crippen molar-refractivity contribution < 1.29 is 57.2 Å². The molecular formula is C54H58O12. The molecule has 4 aromatic rings. The Morgan fingerprint density at radius 2 is 1.03 bits per heavy atom. The highest BCUT2D eigenvalue weighted by atomic mass is 16.6. The molecule has 4 aromatic carbocycles. The number of ketones is 2. The van der Waals surface area contributed by atoms with Crippen LogP contribution in [0, 0.1) is 28.6 Å². The minimum absolute atomic E-state index is 0.208. The second-order valence-electron chi connectivity index (χ2n) is 18.9. The molecule has 346 valence electrons. The molecule has 66 heavy (non-hydrogen) atoms. The molecule has 2 fully saturated rings. The molecule has 0 radical (unpaired) electrons. The fourth-order valence-corrected chi connectivity index (χ4v) is 8.92. The van der Waals surface area contributed by atoms with E-state index in [9.17, 15) is 28.8 Å². The van der Waals surface area contributed by atoms with Gasteiger partial charge in [0.1, 0.15) is 23.7 Å². The lowest BCUT2D eigenvalue weighted by atomic mass is 9.59. The average molecular weight is 899 g/mol. The Morgan fingerprint density at radius 3 is 1.47 bits per heavy atom. The molecule has 12 heteroatoms. The van der Waals surface area contributed by atoms with Gasteiger partial charge in [0.25, 0.3) is 0 Å². The van der Waals surface area contributed by atoms with E-state index in [2.05, 4.69) is 0 Å². The fraction of sp³-hybridized carbons (Fsp3) is 0.407. The van der Waals surface area contributed by atoms with Gasteiger partial charge in [-0.05, 0) is 106 Å². The maximum absolute atomic E-state index is 14.7. The van der Waals surface area contributed by atoms with Crippen LogP contribution in [0.3, 0.4) is 0 Å². The summed E-state index contributed by atoms with van der Waals surface area (Å²) in [5, 5.41) is 0. The zero-order valence-corrected chi connectivity index (χ0v) is 38.4. The van der Waals surface area contributed by atoms with E-state index in [-0.39, 0.29) is 48.1 Å². The van der Waals surface area contributed by atoms with Crippen molar-refractivity contribution in [3.05, 3.63) is 137 Å². The van der Waals surface area contributed by atoms with Crippen LogP contribution in [0.25, 0.3) is 5.57 Å². The summed E-state index contributed by atoms with van der Waals surface area (Å²) in [7, 11) is 0. The summed E-state index contributed by atoms with van der Waals surface area (Å²) in [5.74, 6) is -4.39. The Kier molecular flexibility index (Phi) is 14.8. The van der Waals surface area contributed by atoms with Crippen molar-refractivity contribution in [2.24, 2.45) is 28.6 Å². The standard InChI is InChI=1S/C54H58O12/c1-33(29-53(3,4)51(59)65-41-25-27-61-31-41)49(57)63-39-21-17-37(18-22-39)47(55)45-43(35-13-9-7-10-14-35)46(44(45)36-15-11-8-12-16-36)48(56)38-19-23-40(24-20-38)64-50(58)34(2)30-54(5,6)52(60)66-42-26-28-62-32-42/h7-24,33-34,41-43,45H,25-32H2,1-6H3. The first-order valence-corrected chi connectivity index (χ1v) is 22.7. The van der Waals surface area contributed by atoms with Gasteiger partial charge in [-0.1, -0.05) is 74.5 Å². The summed E-state index contributed by atoms with van der Waals surface area (Å²) in [6, 6.07) is 31.5. The number of ether oxygens (including phenoxy) is 6. The lowest BCUT2D eigenvalue weighted by Gasteiger charge is -2.41. The zero-order valence-electron chi connectivity index (χ0n) is 38.4. The van der Waals surface area contributed by atoms with E-state index in [1.54, 1.807) is 90.1 Å². The number of carbonyl (C=O) groups is 6. The average Bonchev–Trinajstić information content (AvgIpc) is 4.02. The largest absolute Gasteiger partial charge is 0.459 e. The maximum Gasteiger partial charge on any atom is 0.314 e. The van der Waals surface area contributed by atoms with Crippen molar-refractivity contribution in [1.29, 1.82) is 0 Å². The van der Waals surface area contributed by atoms with Gasteiger partial charge in [-0.15, -0.1) is 0 Å². The molecule has 0 spiro atoms. The van der Waals surface area contributed by atoms with Gasteiger partial charge in [0.2, 0.25) is 0 Å². The Balaban J connectivity index is 1.06. The topological polar surface area (TPSA) is 158 Å². The number of hydrogen-bond donors (Lipinski definition) is 0. The number of Topliss-reactive ketones (excluding diaryl/α,β-unsaturated/α-hetero) is 2. The molecule has 6 atom stereocenters. The lowest BCUT2D eigenvalue weighted by Crippen LogP contribution is -2.38. The van der Waals surface area contributed by atoms with Crippen LogP contribution in [0.15, 0.2) is 115 Å². The monoisotopic (exact) mass is 898 g/mol. The maximum atomic E-state index is 14.7. The Morgan fingerprint density at radius 1 is 0.591 bits per heavy atom. The van der Waals surface area contributed by atoms with Crippen LogP contribution in [0.1, 0.15) is 105 Å². The number of allylic oxidation sites excluding steroid dienone is 2. The van der Waals surface area contributed by atoms with Crippen molar-refractivity contribution in [1.82, 2.24) is 0 Å². The van der Waals surface area contributed by atoms with Gasteiger partial charge in [-0.25, -0.2) is 0 Å². The first-order chi connectivity index (χ1) is 31.5. The molecule has 12 nitrogen and oxygen atoms in total. The molecule has 2 heterocycles. The molecule has 0 saturated carbocycles. The zero-order chi connectivity index (χ0) is 47.2. The van der Waals surface area contributed by atoms with Crippen LogP contribution in [-0.4, -0.2) is 74.1 Å². The smallest absolute Gasteiger partial charge is 0.314 e. The van der Waals surface area contributed by atoms with Crippen LogP contribution in [0.5, 0.6) is 11.5 Å². The van der Waals surface area contributed by atoms with Crippen LogP contribution >= 0.6 is 0 Å². The van der Waals surface area contributed by atoms with Gasteiger partial charge < -0.3 is 28.4 Å². The van der Waals surface area contributed by atoms with Crippen molar-refractivity contribution in [2.75, 3.05) is 26.4 Å². The normalized spacial score (nSPS) is 20.4. The van der Waals surface area contributed by atoms with Crippen LogP contribution in [0.4, 0.5) is 0 Å². The summed E-state index contributed by atoms with van der Waals surface area (Å²) in [5.41, 5.74) is 1.47. The molecule has 3 aliphatic rings. The van der Waals surface area contributed by atoms with Crippen molar-refractivity contribution >= 4 is 41.0 Å². The van der Waals surface area contributed by atoms with Gasteiger partial charge in [0.15, 0.2) is 11.6 Å². The van der Waals surface area contributed by atoms with Crippen molar-refractivity contribution in [3.63, 3.8) is 0 Å². The van der Waals surface area contributed by atoms with E-state index in [1.165, 1.54) is 0 Å². The van der Waals surface area contributed by atoms with E-state index in [1.807, 2.05) is 60.7 Å². The third kappa shape index (κ3) is 11.1. The van der Waals surface area contributed by atoms with E-state index >= 15 is 0 Å². The minimum atomic E-state index is -0.931. The second kappa shape index (κ2) is 20.5. The third-order valence-corrected chi connectivity index (χ3v) is 12.6. The molecule has 0 N–H and O–H groups in total. The van der Waals surface area contributed by atoms with Crippen LogP contribution in [-0.2, 0) is 38.1 Å². The van der Waals surface area contributed by atoms with E-state index < -0.39 is 58.4 Å². The molecule has 0 aromatic heterocycles. The first kappa shape index (κ1) is 47.7. The van der Waals surface area contributed by atoms with E-state index in [4.69, 9.17) is 28.4 Å². The molecule has 1 aliphatic carbocycles. The second-order valence-corrected chi connectivity index (χ2v) is 18.9. The van der Waals surface area contributed by atoms with Crippen molar-refractivity contribution in [3.8, 4) is 11.5 Å². The van der Waals surface area contributed by atoms with Gasteiger partial charge in [-0.3, -0.25) is 28.8 Å². The van der Waals surface area contributed by atoms with Gasteiger partial charge >= 0.3 is 23.9 Å². The quantitative estimate of drug-likeness (QED) is 0.0531. The van der Waals surface area contributed by atoms with E-state index in [0.717, 1.165) is 11.1 Å². The highest BCUT2D eigenvalue weighted by molar-refractivity contribution is 6.22. The predicted octanol–water partition coefficient (Wildman–Crippen LogP) is 9.20. The molecule has 7 rings (SSSR count). The number of esters is 4. The Labute approximate surface area is 385 Å².